The molecule has 0 aromatic carbocycles. The lowest BCUT2D eigenvalue weighted by atomic mass is 9.40. The Kier molecular flexibility index (Phi) is 3.44. The molecule has 3 nitrogen and oxygen atoms in total. The van der Waals surface area contributed by atoms with Crippen molar-refractivity contribution in [2.45, 2.75) is 77.7 Å². The predicted molar refractivity (Wildman–Crippen MR) is 81.9 cm³/mol. The summed E-state index contributed by atoms with van der Waals surface area (Å²) < 4.78 is 0. The van der Waals surface area contributed by atoms with Crippen LogP contribution in [0.25, 0.3) is 0 Å². The first-order valence-electron chi connectivity index (χ1n) is 8.70. The lowest BCUT2D eigenvalue weighted by molar-refractivity contribution is -0.223. The van der Waals surface area contributed by atoms with Crippen LogP contribution >= 0.6 is 0 Å². The average molecular weight is 294 g/mol. The monoisotopic (exact) mass is 294 g/mol. The van der Waals surface area contributed by atoms with Gasteiger partial charge in [0.05, 0.1) is 11.0 Å². The third kappa shape index (κ3) is 2.07. The second-order valence-electron chi connectivity index (χ2n) is 8.66. The van der Waals surface area contributed by atoms with Gasteiger partial charge in [-0.15, -0.1) is 0 Å². The van der Waals surface area contributed by atoms with Crippen molar-refractivity contribution in [3.63, 3.8) is 0 Å². The molecule has 0 amide bonds. The largest absolute Gasteiger partial charge is 0.481 e. The average Bonchev–Trinajstić information content (AvgIpc) is 2.37. The topological polar surface area (TPSA) is 57.5 Å². The summed E-state index contributed by atoms with van der Waals surface area (Å²) in [5.74, 6) is 0.662. The highest BCUT2D eigenvalue weighted by Crippen LogP contribution is 2.69. The van der Waals surface area contributed by atoms with Crippen molar-refractivity contribution in [3.8, 4) is 0 Å². The van der Waals surface area contributed by atoms with Gasteiger partial charge in [-0.05, 0) is 69.6 Å². The van der Waals surface area contributed by atoms with E-state index in [1.54, 1.807) is 0 Å². The molecular formula is C18H30O3. The zero-order chi connectivity index (χ0) is 15.5. The van der Waals surface area contributed by atoms with Gasteiger partial charge in [-0.3, -0.25) is 4.79 Å². The molecule has 0 radical (unpaired) electrons. The lowest BCUT2D eigenvalue weighted by Crippen LogP contribution is -2.63. The van der Waals surface area contributed by atoms with Crippen LogP contribution < -0.4 is 0 Å². The molecule has 0 aliphatic heterocycles. The predicted octanol–water partition coefficient (Wildman–Crippen LogP) is 3.84. The zero-order valence-corrected chi connectivity index (χ0v) is 13.7. The molecule has 4 bridgehead atoms. The summed E-state index contributed by atoms with van der Waals surface area (Å²) in [4.78, 5) is 11.9. The minimum Gasteiger partial charge on any atom is -0.481 e. The van der Waals surface area contributed by atoms with E-state index in [2.05, 4.69) is 13.8 Å². The fourth-order valence-electron chi connectivity index (χ4n) is 6.34. The second kappa shape index (κ2) is 4.71. The van der Waals surface area contributed by atoms with E-state index in [4.69, 9.17) is 0 Å². The van der Waals surface area contributed by atoms with Crippen LogP contribution in [0, 0.1) is 28.6 Å². The van der Waals surface area contributed by atoms with Gasteiger partial charge in [0, 0.05) is 5.41 Å². The smallest absolute Gasteiger partial charge is 0.309 e. The number of carboxylic acid groups (broad SMARTS) is 1. The standard InChI is InChI=1S/C18H30O3/c1-4-5-12(2)16(3,21)18-9-13-6-14(10-18)8-17(7-13,11-18)15(19)20/h12-14,21H,4-11H2,1-3H3,(H,19,20). The zero-order valence-electron chi connectivity index (χ0n) is 13.7. The summed E-state index contributed by atoms with van der Waals surface area (Å²) >= 11 is 0. The van der Waals surface area contributed by atoms with Crippen molar-refractivity contribution >= 4 is 5.97 Å². The molecule has 0 spiro atoms. The van der Waals surface area contributed by atoms with E-state index in [9.17, 15) is 15.0 Å². The van der Waals surface area contributed by atoms with E-state index in [1.807, 2.05) is 6.92 Å². The molecule has 0 aromatic rings. The minimum atomic E-state index is -0.735. The number of aliphatic hydroxyl groups is 1. The fourth-order valence-corrected chi connectivity index (χ4v) is 6.34. The molecule has 21 heavy (non-hydrogen) atoms. The van der Waals surface area contributed by atoms with Crippen LogP contribution in [0.3, 0.4) is 0 Å². The molecule has 4 unspecified atom stereocenters. The van der Waals surface area contributed by atoms with Crippen LogP contribution in [0.2, 0.25) is 0 Å². The molecule has 0 aromatic heterocycles. The summed E-state index contributed by atoms with van der Waals surface area (Å²) in [6.07, 6.45) is 7.75. The number of carbonyl (C=O) groups is 1. The van der Waals surface area contributed by atoms with Gasteiger partial charge >= 0.3 is 5.97 Å². The maximum absolute atomic E-state index is 11.9. The number of hydrogen-bond donors (Lipinski definition) is 2. The van der Waals surface area contributed by atoms with Crippen molar-refractivity contribution in [3.05, 3.63) is 0 Å². The highest BCUT2D eigenvalue weighted by atomic mass is 16.4. The first-order valence-corrected chi connectivity index (χ1v) is 8.70. The SMILES string of the molecule is CCCC(C)C(C)(O)C12CC3CC(CC(C(=O)O)(C3)C1)C2. The first-order chi connectivity index (χ1) is 9.75. The number of rotatable bonds is 5. The van der Waals surface area contributed by atoms with Gasteiger partial charge in [0.25, 0.3) is 0 Å². The molecule has 4 fully saturated rings. The summed E-state index contributed by atoms with van der Waals surface area (Å²) in [7, 11) is 0. The molecule has 4 atom stereocenters. The van der Waals surface area contributed by atoms with Gasteiger partial charge in [-0.2, -0.15) is 0 Å². The van der Waals surface area contributed by atoms with Crippen molar-refractivity contribution in [2.24, 2.45) is 28.6 Å². The Hall–Kier alpha value is -0.570. The van der Waals surface area contributed by atoms with Crippen molar-refractivity contribution in [1.82, 2.24) is 0 Å². The Morgan fingerprint density at radius 2 is 1.86 bits per heavy atom. The Labute approximate surface area is 128 Å². The summed E-state index contributed by atoms with van der Waals surface area (Å²) in [6, 6.07) is 0. The van der Waals surface area contributed by atoms with Crippen LogP contribution in [0.15, 0.2) is 0 Å². The molecule has 4 aliphatic carbocycles. The normalized spacial score (nSPS) is 45.3. The molecule has 0 heterocycles. The first kappa shape index (κ1) is 15.3. The highest BCUT2D eigenvalue weighted by molar-refractivity contribution is 5.75. The van der Waals surface area contributed by atoms with Crippen LogP contribution in [0.1, 0.15) is 72.1 Å². The quantitative estimate of drug-likeness (QED) is 0.810. The van der Waals surface area contributed by atoms with Gasteiger partial charge in [0.1, 0.15) is 0 Å². The Balaban J connectivity index is 1.96. The third-order valence-electron chi connectivity index (χ3n) is 7.27. The Bertz CT molecular complexity index is 426. The molecule has 4 aliphatic rings. The molecular weight excluding hydrogens is 264 g/mol. The highest BCUT2D eigenvalue weighted by Gasteiger charge is 2.66. The number of aliphatic carboxylic acids is 1. The number of carboxylic acids is 1. The van der Waals surface area contributed by atoms with E-state index in [1.165, 1.54) is 6.42 Å². The van der Waals surface area contributed by atoms with Crippen LogP contribution in [0.4, 0.5) is 0 Å². The summed E-state index contributed by atoms with van der Waals surface area (Å²) in [5, 5.41) is 21.2. The van der Waals surface area contributed by atoms with Crippen molar-refractivity contribution in [1.29, 1.82) is 0 Å². The maximum Gasteiger partial charge on any atom is 0.309 e. The van der Waals surface area contributed by atoms with Crippen LogP contribution in [0.5, 0.6) is 0 Å². The van der Waals surface area contributed by atoms with Crippen molar-refractivity contribution < 1.29 is 15.0 Å². The van der Waals surface area contributed by atoms with Gasteiger partial charge in [0.15, 0.2) is 0 Å². The molecule has 4 rings (SSSR count). The Morgan fingerprint density at radius 3 is 2.33 bits per heavy atom. The molecule has 0 saturated heterocycles. The van der Waals surface area contributed by atoms with Crippen LogP contribution in [-0.4, -0.2) is 21.8 Å². The van der Waals surface area contributed by atoms with E-state index >= 15 is 0 Å². The van der Waals surface area contributed by atoms with E-state index in [0.717, 1.165) is 38.5 Å². The molecule has 4 saturated carbocycles. The lowest BCUT2D eigenvalue weighted by Gasteiger charge is -2.65. The Morgan fingerprint density at radius 1 is 1.29 bits per heavy atom. The van der Waals surface area contributed by atoms with E-state index in [-0.39, 0.29) is 11.3 Å². The van der Waals surface area contributed by atoms with Gasteiger partial charge in [-0.1, -0.05) is 20.3 Å². The van der Waals surface area contributed by atoms with Gasteiger partial charge in [0.2, 0.25) is 0 Å². The molecule has 3 heteroatoms. The fraction of sp³-hybridized carbons (Fsp3) is 0.944. The molecule has 120 valence electrons. The van der Waals surface area contributed by atoms with Gasteiger partial charge < -0.3 is 10.2 Å². The van der Waals surface area contributed by atoms with E-state index in [0.29, 0.717) is 18.3 Å². The maximum atomic E-state index is 11.9. The molecule has 2 N–H and O–H groups in total. The third-order valence-corrected chi connectivity index (χ3v) is 7.27. The van der Waals surface area contributed by atoms with Crippen LogP contribution in [-0.2, 0) is 4.79 Å². The van der Waals surface area contributed by atoms with Gasteiger partial charge in [-0.25, -0.2) is 0 Å². The summed E-state index contributed by atoms with van der Waals surface area (Å²) in [5.41, 5.74) is -1.44. The van der Waals surface area contributed by atoms with E-state index < -0.39 is 17.0 Å². The second-order valence-corrected chi connectivity index (χ2v) is 8.66. The minimum absolute atomic E-state index is 0.163. The van der Waals surface area contributed by atoms with Crippen molar-refractivity contribution in [2.75, 3.05) is 0 Å². The number of hydrogen-bond acceptors (Lipinski definition) is 2. The summed E-state index contributed by atoms with van der Waals surface area (Å²) in [6.45, 7) is 6.30.